The van der Waals surface area contributed by atoms with E-state index in [1.54, 1.807) is 4.90 Å². The Morgan fingerprint density at radius 3 is 2.57 bits per heavy atom. The summed E-state index contributed by atoms with van der Waals surface area (Å²) in [5.41, 5.74) is 0.378. The van der Waals surface area contributed by atoms with Gasteiger partial charge in [0, 0.05) is 24.9 Å². The average Bonchev–Trinajstić information content (AvgIpc) is 2.48. The number of piperidine rings is 1. The second-order valence-electron chi connectivity index (χ2n) is 5.63. The SMILES string of the molecule is CC1CCC(CO)CN1C(=O)Nc1ccc(OC(F)(F)F)cc1. The number of likely N-dealkylation sites (tertiary alicyclic amines) is 1. The number of amides is 2. The largest absolute Gasteiger partial charge is 0.573 e. The molecule has 2 unspecified atom stereocenters. The van der Waals surface area contributed by atoms with Gasteiger partial charge in [0.25, 0.3) is 0 Å². The van der Waals surface area contributed by atoms with Crippen LogP contribution in [0.2, 0.25) is 0 Å². The molecule has 2 N–H and O–H groups in total. The lowest BCUT2D eigenvalue weighted by Gasteiger charge is -2.37. The highest BCUT2D eigenvalue weighted by atomic mass is 19.4. The molecular weight excluding hydrogens is 313 g/mol. The summed E-state index contributed by atoms with van der Waals surface area (Å²) in [5.74, 6) is -0.290. The van der Waals surface area contributed by atoms with Gasteiger partial charge in [-0.15, -0.1) is 13.2 Å². The number of halogens is 3. The predicted octanol–water partition coefficient (Wildman–Crippen LogP) is 3.21. The van der Waals surface area contributed by atoms with Crippen molar-refractivity contribution in [1.29, 1.82) is 0 Å². The number of carbonyl (C=O) groups excluding carboxylic acids is 1. The Morgan fingerprint density at radius 1 is 1.35 bits per heavy atom. The Hall–Kier alpha value is -1.96. The molecule has 0 aromatic heterocycles. The maximum atomic E-state index is 12.3. The van der Waals surface area contributed by atoms with Gasteiger partial charge in [0.1, 0.15) is 5.75 Å². The molecule has 1 aliphatic rings. The van der Waals surface area contributed by atoms with E-state index < -0.39 is 6.36 Å². The van der Waals surface area contributed by atoms with Crippen LogP contribution in [0.15, 0.2) is 24.3 Å². The number of aliphatic hydroxyl groups excluding tert-OH is 1. The first-order valence-electron chi connectivity index (χ1n) is 7.33. The van der Waals surface area contributed by atoms with E-state index >= 15 is 0 Å². The van der Waals surface area contributed by atoms with E-state index in [4.69, 9.17) is 0 Å². The van der Waals surface area contributed by atoms with Crippen molar-refractivity contribution in [2.45, 2.75) is 32.2 Å². The van der Waals surface area contributed by atoms with Gasteiger partial charge in [-0.05, 0) is 49.9 Å². The molecule has 2 rings (SSSR count). The predicted molar refractivity (Wildman–Crippen MR) is 78.1 cm³/mol. The number of carbonyl (C=O) groups is 1. The van der Waals surface area contributed by atoms with Crippen molar-refractivity contribution in [2.75, 3.05) is 18.5 Å². The number of rotatable bonds is 3. The van der Waals surface area contributed by atoms with E-state index in [1.165, 1.54) is 12.1 Å². The molecule has 128 valence electrons. The third-order valence-corrected chi connectivity index (χ3v) is 3.84. The van der Waals surface area contributed by atoms with Crippen LogP contribution in [-0.4, -0.2) is 41.6 Å². The number of alkyl halides is 3. The van der Waals surface area contributed by atoms with Gasteiger partial charge in [-0.25, -0.2) is 4.79 Å². The Labute approximate surface area is 132 Å². The lowest BCUT2D eigenvalue weighted by molar-refractivity contribution is -0.274. The van der Waals surface area contributed by atoms with E-state index in [-0.39, 0.29) is 30.3 Å². The standard InChI is InChI=1S/C15H19F3N2O3/c1-10-2-3-11(9-21)8-20(10)14(22)19-12-4-6-13(7-5-12)23-15(16,17)18/h4-7,10-11,21H,2-3,8-9H2,1H3,(H,19,22). The number of ether oxygens (including phenoxy) is 1. The first-order chi connectivity index (χ1) is 10.8. The number of hydrogen-bond donors (Lipinski definition) is 2. The van der Waals surface area contributed by atoms with Crippen LogP contribution in [-0.2, 0) is 0 Å². The number of nitrogens with zero attached hydrogens (tertiary/aromatic N) is 1. The van der Waals surface area contributed by atoms with Gasteiger partial charge in [-0.3, -0.25) is 0 Å². The fourth-order valence-corrected chi connectivity index (χ4v) is 2.55. The van der Waals surface area contributed by atoms with Crippen LogP contribution in [0.25, 0.3) is 0 Å². The first-order valence-corrected chi connectivity index (χ1v) is 7.33. The van der Waals surface area contributed by atoms with Crippen molar-refractivity contribution < 1.29 is 27.8 Å². The molecule has 2 atom stereocenters. The summed E-state index contributed by atoms with van der Waals surface area (Å²) in [4.78, 5) is 13.9. The molecule has 2 amide bonds. The van der Waals surface area contributed by atoms with Crippen molar-refractivity contribution in [3.05, 3.63) is 24.3 Å². The second kappa shape index (κ2) is 7.08. The van der Waals surface area contributed by atoms with Crippen molar-refractivity contribution >= 4 is 11.7 Å². The fraction of sp³-hybridized carbons (Fsp3) is 0.533. The monoisotopic (exact) mass is 332 g/mol. The maximum Gasteiger partial charge on any atom is 0.573 e. The van der Waals surface area contributed by atoms with E-state index in [0.717, 1.165) is 25.0 Å². The summed E-state index contributed by atoms with van der Waals surface area (Å²) < 4.78 is 40.0. The molecule has 0 radical (unpaired) electrons. The Balaban J connectivity index is 1.96. The average molecular weight is 332 g/mol. The van der Waals surface area contributed by atoms with Crippen LogP contribution in [0.3, 0.4) is 0 Å². The number of anilines is 1. The molecule has 1 saturated heterocycles. The van der Waals surface area contributed by atoms with Gasteiger partial charge in [-0.2, -0.15) is 0 Å². The third-order valence-electron chi connectivity index (χ3n) is 3.84. The molecule has 1 heterocycles. The molecule has 23 heavy (non-hydrogen) atoms. The minimum absolute atomic E-state index is 0.0278. The molecule has 0 spiro atoms. The van der Waals surface area contributed by atoms with Crippen LogP contribution in [0.4, 0.5) is 23.7 Å². The summed E-state index contributed by atoms with van der Waals surface area (Å²) in [5, 5.41) is 11.9. The van der Waals surface area contributed by atoms with E-state index in [0.29, 0.717) is 12.2 Å². The van der Waals surface area contributed by atoms with Crippen LogP contribution in [0, 0.1) is 5.92 Å². The highest BCUT2D eigenvalue weighted by molar-refractivity contribution is 5.89. The van der Waals surface area contributed by atoms with Crippen LogP contribution < -0.4 is 10.1 Å². The number of hydrogen-bond acceptors (Lipinski definition) is 3. The van der Waals surface area contributed by atoms with Crippen LogP contribution in [0.1, 0.15) is 19.8 Å². The number of aliphatic hydroxyl groups is 1. The summed E-state index contributed by atoms with van der Waals surface area (Å²) in [7, 11) is 0. The molecule has 1 aromatic carbocycles. The zero-order valence-corrected chi connectivity index (χ0v) is 12.6. The Morgan fingerprint density at radius 2 is 2.00 bits per heavy atom. The lowest BCUT2D eigenvalue weighted by atomic mass is 9.94. The summed E-state index contributed by atoms with van der Waals surface area (Å²) in [6, 6.07) is 4.68. The quantitative estimate of drug-likeness (QED) is 0.893. The highest BCUT2D eigenvalue weighted by Gasteiger charge is 2.31. The number of urea groups is 1. The third kappa shape index (κ3) is 5.02. The molecule has 1 aliphatic heterocycles. The van der Waals surface area contributed by atoms with Gasteiger partial charge in [-0.1, -0.05) is 0 Å². The molecule has 0 aliphatic carbocycles. The zero-order chi connectivity index (χ0) is 17.0. The lowest BCUT2D eigenvalue weighted by Crippen LogP contribution is -2.48. The highest BCUT2D eigenvalue weighted by Crippen LogP contribution is 2.25. The molecule has 1 aromatic rings. The van der Waals surface area contributed by atoms with E-state index in [9.17, 15) is 23.1 Å². The molecular formula is C15H19F3N2O3. The van der Waals surface area contributed by atoms with E-state index in [1.807, 2.05) is 6.92 Å². The zero-order valence-electron chi connectivity index (χ0n) is 12.6. The van der Waals surface area contributed by atoms with Gasteiger partial charge in [0.15, 0.2) is 0 Å². The van der Waals surface area contributed by atoms with Crippen molar-refractivity contribution in [3.8, 4) is 5.75 Å². The first kappa shape index (κ1) is 17.4. The molecule has 0 saturated carbocycles. The minimum Gasteiger partial charge on any atom is -0.406 e. The fourth-order valence-electron chi connectivity index (χ4n) is 2.55. The maximum absolute atomic E-state index is 12.3. The summed E-state index contributed by atoms with van der Waals surface area (Å²) in [6.07, 6.45) is -3.07. The molecule has 5 nitrogen and oxygen atoms in total. The topological polar surface area (TPSA) is 61.8 Å². The van der Waals surface area contributed by atoms with Crippen molar-refractivity contribution in [1.82, 2.24) is 4.90 Å². The van der Waals surface area contributed by atoms with E-state index in [2.05, 4.69) is 10.1 Å². The number of nitrogens with one attached hydrogen (secondary N) is 1. The van der Waals surface area contributed by atoms with Crippen molar-refractivity contribution in [3.63, 3.8) is 0 Å². The normalized spacial score (nSPS) is 21.9. The Kier molecular flexibility index (Phi) is 5.35. The summed E-state index contributed by atoms with van der Waals surface area (Å²) in [6.45, 7) is 2.41. The second-order valence-corrected chi connectivity index (χ2v) is 5.63. The van der Waals surface area contributed by atoms with Crippen molar-refractivity contribution in [2.24, 2.45) is 5.92 Å². The molecule has 8 heteroatoms. The molecule has 0 bridgehead atoms. The van der Waals surface area contributed by atoms with Gasteiger partial charge in [0.05, 0.1) is 0 Å². The Bertz CT molecular complexity index is 534. The summed E-state index contributed by atoms with van der Waals surface area (Å²) >= 11 is 0. The molecule has 1 fully saturated rings. The minimum atomic E-state index is -4.74. The smallest absolute Gasteiger partial charge is 0.406 e. The van der Waals surface area contributed by atoms with Gasteiger partial charge < -0.3 is 20.1 Å². The van der Waals surface area contributed by atoms with Crippen LogP contribution >= 0.6 is 0 Å². The van der Waals surface area contributed by atoms with Gasteiger partial charge >= 0.3 is 12.4 Å². The van der Waals surface area contributed by atoms with Gasteiger partial charge in [0.2, 0.25) is 0 Å². The number of benzene rings is 1. The van der Waals surface area contributed by atoms with Crippen LogP contribution in [0.5, 0.6) is 5.75 Å².